The molecule has 0 bridgehead atoms. The van der Waals surface area contributed by atoms with E-state index in [0.717, 1.165) is 10.0 Å². The van der Waals surface area contributed by atoms with E-state index >= 15 is 0 Å². The van der Waals surface area contributed by atoms with Crippen molar-refractivity contribution in [1.29, 1.82) is 0 Å². The lowest BCUT2D eigenvalue weighted by Crippen LogP contribution is -2.18. The zero-order valence-electron chi connectivity index (χ0n) is 14.8. The van der Waals surface area contributed by atoms with E-state index < -0.39 is 0 Å². The summed E-state index contributed by atoms with van der Waals surface area (Å²) in [5.41, 5.74) is 6.75. The molecule has 0 aliphatic heterocycles. The van der Waals surface area contributed by atoms with E-state index in [0.29, 0.717) is 11.6 Å². The summed E-state index contributed by atoms with van der Waals surface area (Å²) >= 11 is 3.39. The molecule has 1 aliphatic rings. The number of carbonyl (C=O) groups is 1. The van der Waals surface area contributed by atoms with Crippen molar-refractivity contribution in [2.24, 2.45) is 5.10 Å². The van der Waals surface area contributed by atoms with Gasteiger partial charge in [-0.1, -0.05) is 31.4 Å². The maximum atomic E-state index is 12.2. The molecular weight excluding hydrogens is 378 g/mol. The third-order valence-corrected chi connectivity index (χ3v) is 5.64. The highest BCUT2D eigenvalue weighted by Crippen LogP contribution is 2.31. The van der Waals surface area contributed by atoms with Gasteiger partial charge >= 0.3 is 0 Å². The summed E-state index contributed by atoms with van der Waals surface area (Å²) in [5.74, 6) is -0.218. The minimum Gasteiger partial charge on any atom is -0.345 e. The summed E-state index contributed by atoms with van der Waals surface area (Å²) in [7, 11) is 0. The Hall–Kier alpha value is -1.88. The fourth-order valence-corrected chi connectivity index (χ4v) is 4.17. The van der Waals surface area contributed by atoms with E-state index in [4.69, 9.17) is 0 Å². The minimum atomic E-state index is -0.218. The zero-order chi connectivity index (χ0) is 17.8. The molecule has 1 aromatic carbocycles. The summed E-state index contributed by atoms with van der Waals surface area (Å²) < 4.78 is 3.20. The Labute approximate surface area is 157 Å². The predicted molar refractivity (Wildman–Crippen MR) is 105 cm³/mol. The van der Waals surface area contributed by atoms with Crippen LogP contribution in [0.4, 0.5) is 0 Å². The van der Waals surface area contributed by atoms with Gasteiger partial charge in [0, 0.05) is 27.5 Å². The lowest BCUT2D eigenvalue weighted by molar-refractivity contribution is 0.0954. The first-order valence-electron chi connectivity index (χ1n) is 8.84. The van der Waals surface area contributed by atoms with Crippen LogP contribution in [0.15, 0.2) is 39.9 Å². The number of amides is 1. The Morgan fingerprint density at radius 2 is 1.96 bits per heavy atom. The van der Waals surface area contributed by atoms with Gasteiger partial charge in [-0.15, -0.1) is 0 Å². The molecule has 4 nitrogen and oxygen atoms in total. The number of hydrazone groups is 1. The van der Waals surface area contributed by atoms with Crippen LogP contribution in [0.25, 0.3) is 0 Å². The fourth-order valence-electron chi connectivity index (χ4n) is 3.70. The Balaban J connectivity index is 1.71. The third-order valence-electron chi connectivity index (χ3n) is 4.95. The number of hydrogen-bond acceptors (Lipinski definition) is 2. The molecule has 5 heteroatoms. The monoisotopic (exact) mass is 401 g/mol. The Morgan fingerprint density at radius 3 is 2.68 bits per heavy atom. The fraction of sp³-hybridized carbons (Fsp3) is 0.400. The van der Waals surface area contributed by atoms with Crippen molar-refractivity contribution in [2.45, 2.75) is 52.0 Å². The molecule has 3 rings (SSSR count). The number of benzene rings is 1. The van der Waals surface area contributed by atoms with Gasteiger partial charge in [0.25, 0.3) is 5.91 Å². The lowest BCUT2D eigenvalue weighted by Gasteiger charge is -2.26. The molecule has 0 radical (unpaired) electrons. The lowest BCUT2D eigenvalue weighted by atomic mass is 9.95. The quantitative estimate of drug-likeness (QED) is 0.559. The third kappa shape index (κ3) is 4.03. The van der Waals surface area contributed by atoms with Crippen molar-refractivity contribution < 1.29 is 4.79 Å². The molecule has 132 valence electrons. The second-order valence-corrected chi connectivity index (χ2v) is 7.52. The summed E-state index contributed by atoms with van der Waals surface area (Å²) in [6, 6.07) is 10.1. The number of aryl methyl sites for hydroxylation is 1. The molecule has 0 spiro atoms. The summed E-state index contributed by atoms with van der Waals surface area (Å²) in [6.07, 6.45) is 8.24. The van der Waals surface area contributed by atoms with Gasteiger partial charge < -0.3 is 4.57 Å². The van der Waals surface area contributed by atoms with Gasteiger partial charge in [-0.3, -0.25) is 4.79 Å². The molecule has 1 aliphatic carbocycles. The second-order valence-electron chi connectivity index (χ2n) is 6.67. The van der Waals surface area contributed by atoms with Gasteiger partial charge in [-0.2, -0.15) is 5.10 Å². The number of nitrogens with one attached hydrogen (secondary N) is 1. The van der Waals surface area contributed by atoms with E-state index in [1.807, 2.05) is 18.2 Å². The van der Waals surface area contributed by atoms with E-state index in [9.17, 15) is 4.79 Å². The van der Waals surface area contributed by atoms with Gasteiger partial charge in [0.15, 0.2) is 0 Å². The van der Waals surface area contributed by atoms with E-state index in [2.05, 4.69) is 50.9 Å². The summed E-state index contributed by atoms with van der Waals surface area (Å²) in [6.45, 7) is 4.29. The molecule has 1 amide bonds. The average Bonchev–Trinajstić information content (AvgIpc) is 2.89. The number of hydrogen-bond donors (Lipinski definition) is 1. The van der Waals surface area contributed by atoms with Gasteiger partial charge in [0.1, 0.15) is 0 Å². The van der Waals surface area contributed by atoms with Gasteiger partial charge in [0.05, 0.1) is 11.8 Å². The largest absolute Gasteiger partial charge is 0.345 e. The first-order chi connectivity index (χ1) is 12.1. The van der Waals surface area contributed by atoms with Crippen molar-refractivity contribution in [3.8, 4) is 0 Å². The normalized spacial score (nSPS) is 15.6. The van der Waals surface area contributed by atoms with E-state index in [-0.39, 0.29) is 5.91 Å². The Kier molecular flexibility index (Phi) is 5.74. The smallest absolute Gasteiger partial charge is 0.272 e. The van der Waals surface area contributed by atoms with Crippen LogP contribution in [-0.4, -0.2) is 16.7 Å². The number of carbonyl (C=O) groups excluding carboxylic acids is 1. The van der Waals surface area contributed by atoms with Crippen LogP contribution in [-0.2, 0) is 0 Å². The topological polar surface area (TPSA) is 46.4 Å². The Bertz CT molecular complexity index is 788. The molecule has 0 unspecified atom stereocenters. The van der Waals surface area contributed by atoms with Crippen LogP contribution in [0.3, 0.4) is 0 Å². The minimum absolute atomic E-state index is 0.218. The van der Waals surface area contributed by atoms with Crippen LogP contribution in [0.5, 0.6) is 0 Å². The molecule has 0 atom stereocenters. The highest BCUT2D eigenvalue weighted by atomic mass is 79.9. The number of rotatable bonds is 4. The van der Waals surface area contributed by atoms with Crippen LogP contribution in [0, 0.1) is 13.8 Å². The second kappa shape index (κ2) is 8.00. The van der Waals surface area contributed by atoms with Crippen LogP contribution < -0.4 is 5.43 Å². The highest BCUT2D eigenvalue weighted by Gasteiger charge is 2.19. The molecule has 2 aromatic rings. The van der Waals surface area contributed by atoms with Crippen molar-refractivity contribution >= 4 is 28.1 Å². The SMILES string of the molecule is Cc1cc(/C=N/NC(=O)c2ccccc2Br)c(C)n1C1CCCCC1. The maximum absolute atomic E-state index is 12.2. The molecule has 1 saturated carbocycles. The van der Waals surface area contributed by atoms with E-state index in [1.165, 1.54) is 43.5 Å². The van der Waals surface area contributed by atoms with Gasteiger partial charge in [-0.05, 0) is 60.8 Å². The summed E-state index contributed by atoms with van der Waals surface area (Å²) in [4.78, 5) is 12.2. The van der Waals surface area contributed by atoms with Crippen molar-refractivity contribution in [1.82, 2.24) is 9.99 Å². The number of aromatic nitrogens is 1. The molecule has 1 aromatic heterocycles. The van der Waals surface area contributed by atoms with Gasteiger partial charge in [-0.25, -0.2) is 5.43 Å². The molecule has 1 N–H and O–H groups in total. The van der Waals surface area contributed by atoms with Gasteiger partial charge in [0.2, 0.25) is 0 Å². The molecule has 1 fully saturated rings. The van der Waals surface area contributed by atoms with Crippen LogP contribution in [0.1, 0.15) is 65.5 Å². The molecule has 25 heavy (non-hydrogen) atoms. The Morgan fingerprint density at radius 1 is 1.24 bits per heavy atom. The first-order valence-corrected chi connectivity index (χ1v) is 9.63. The molecular formula is C20H24BrN3O. The highest BCUT2D eigenvalue weighted by molar-refractivity contribution is 9.10. The predicted octanol–water partition coefficient (Wildman–Crippen LogP) is 5.14. The molecule has 1 heterocycles. The number of halogens is 1. The maximum Gasteiger partial charge on any atom is 0.272 e. The van der Waals surface area contributed by atoms with Crippen LogP contribution >= 0.6 is 15.9 Å². The van der Waals surface area contributed by atoms with Crippen molar-refractivity contribution in [3.05, 3.63) is 57.3 Å². The average molecular weight is 402 g/mol. The zero-order valence-corrected chi connectivity index (χ0v) is 16.3. The standard InChI is InChI=1S/C20H24BrN3O/c1-14-12-16(15(2)24(14)17-8-4-3-5-9-17)13-22-23-20(25)18-10-6-7-11-19(18)21/h6-7,10-13,17H,3-5,8-9H2,1-2H3,(H,23,25)/b22-13+. The molecule has 0 saturated heterocycles. The summed E-state index contributed by atoms with van der Waals surface area (Å²) in [5, 5.41) is 4.16. The van der Waals surface area contributed by atoms with E-state index in [1.54, 1.807) is 12.3 Å². The van der Waals surface area contributed by atoms with Crippen LogP contribution in [0.2, 0.25) is 0 Å². The van der Waals surface area contributed by atoms with Crippen molar-refractivity contribution in [3.63, 3.8) is 0 Å². The number of nitrogens with zero attached hydrogens (tertiary/aromatic N) is 2. The first kappa shape index (κ1) is 17.9. The van der Waals surface area contributed by atoms with Crippen molar-refractivity contribution in [2.75, 3.05) is 0 Å².